The molecule has 0 fully saturated rings. The summed E-state index contributed by atoms with van der Waals surface area (Å²) in [5, 5.41) is 0.916. The van der Waals surface area contributed by atoms with Crippen molar-refractivity contribution >= 4 is 22.7 Å². The van der Waals surface area contributed by atoms with Crippen molar-refractivity contribution in [3.05, 3.63) is 42.1 Å². The van der Waals surface area contributed by atoms with Gasteiger partial charge < -0.3 is 4.74 Å². The lowest BCUT2D eigenvalue weighted by Gasteiger charge is -2.09. The van der Waals surface area contributed by atoms with Crippen molar-refractivity contribution in [2.24, 2.45) is 5.92 Å². The number of methoxy groups -OCH3 is 1. The van der Waals surface area contributed by atoms with Crippen LogP contribution in [-0.2, 0) is 9.53 Å². The van der Waals surface area contributed by atoms with E-state index in [0.29, 0.717) is 11.1 Å². The Morgan fingerprint density at radius 3 is 2.74 bits per heavy atom. The summed E-state index contributed by atoms with van der Waals surface area (Å²) < 4.78 is 4.63. The standard InChI is InChI=1S/C15H15NO3/c1-10(15(18)19-2)9-13(17)12-7-3-5-11-6-4-8-16-14(11)12/h3-8,10H,9H2,1-2H3. The Labute approximate surface area is 111 Å². The van der Waals surface area contributed by atoms with Crippen molar-refractivity contribution in [2.45, 2.75) is 13.3 Å². The third kappa shape index (κ3) is 2.78. The molecule has 1 atom stereocenters. The van der Waals surface area contributed by atoms with Crippen LogP contribution in [0.1, 0.15) is 23.7 Å². The highest BCUT2D eigenvalue weighted by Gasteiger charge is 2.19. The number of ether oxygens (including phenoxy) is 1. The lowest BCUT2D eigenvalue weighted by atomic mass is 9.98. The van der Waals surface area contributed by atoms with Gasteiger partial charge in [-0.05, 0) is 12.1 Å². The first-order valence-corrected chi connectivity index (χ1v) is 6.08. The van der Waals surface area contributed by atoms with Gasteiger partial charge in [-0.1, -0.05) is 25.1 Å². The zero-order chi connectivity index (χ0) is 13.8. The van der Waals surface area contributed by atoms with Gasteiger partial charge in [0.25, 0.3) is 0 Å². The van der Waals surface area contributed by atoms with Gasteiger partial charge in [0.05, 0.1) is 18.5 Å². The van der Waals surface area contributed by atoms with E-state index >= 15 is 0 Å². The Balaban J connectivity index is 2.29. The van der Waals surface area contributed by atoms with Crippen molar-refractivity contribution in [3.63, 3.8) is 0 Å². The Morgan fingerprint density at radius 1 is 1.26 bits per heavy atom. The molecule has 1 aromatic heterocycles. The highest BCUT2D eigenvalue weighted by Crippen LogP contribution is 2.19. The van der Waals surface area contributed by atoms with Crippen molar-refractivity contribution < 1.29 is 14.3 Å². The fourth-order valence-electron chi connectivity index (χ4n) is 2.00. The van der Waals surface area contributed by atoms with Crippen molar-refractivity contribution in [1.82, 2.24) is 4.98 Å². The number of benzene rings is 1. The first kappa shape index (κ1) is 13.2. The Kier molecular flexibility index (Phi) is 3.90. The van der Waals surface area contributed by atoms with Crippen LogP contribution in [0.5, 0.6) is 0 Å². The Morgan fingerprint density at radius 2 is 2.00 bits per heavy atom. The minimum atomic E-state index is -0.448. The number of pyridine rings is 1. The molecule has 0 N–H and O–H groups in total. The summed E-state index contributed by atoms with van der Waals surface area (Å²) in [4.78, 5) is 27.8. The fraction of sp³-hybridized carbons (Fsp3) is 0.267. The lowest BCUT2D eigenvalue weighted by molar-refractivity contribution is -0.144. The molecule has 0 spiro atoms. The summed E-state index contributed by atoms with van der Waals surface area (Å²) in [6.07, 6.45) is 1.78. The fourth-order valence-corrected chi connectivity index (χ4v) is 2.00. The first-order chi connectivity index (χ1) is 9.13. The highest BCUT2D eigenvalue weighted by molar-refractivity contribution is 6.07. The summed E-state index contributed by atoms with van der Waals surface area (Å²) in [7, 11) is 1.32. The quantitative estimate of drug-likeness (QED) is 0.624. The van der Waals surface area contributed by atoms with Gasteiger partial charge in [0.1, 0.15) is 0 Å². The molecule has 0 aliphatic rings. The van der Waals surface area contributed by atoms with Crippen LogP contribution in [0.4, 0.5) is 0 Å². The minimum Gasteiger partial charge on any atom is -0.469 e. The Hall–Kier alpha value is -2.23. The first-order valence-electron chi connectivity index (χ1n) is 6.08. The number of ketones is 1. The highest BCUT2D eigenvalue weighted by atomic mass is 16.5. The van der Waals surface area contributed by atoms with E-state index in [0.717, 1.165) is 5.39 Å². The predicted molar refractivity (Wildman–Crippen MR) is 71.9 cm³/mol. The molecule has 0 bridgehead atoms. The molecule has 19 heavy (non-hydrogen) atoms. The third-order valence-electron chi connectivity index (χ3n) is 3.03. The molecule has 0 amide bonds. The Bertz CT molecular complexity index is 616. The second kappa shape index (κ2) is 5.61. The number of hydrogen-bond acceptors (Lipinski definition) is 4. The van der Waals surface area contributed by atoms with Gasteiger partial charge in [-0.25, -0.2) is 0 Å². The van der Waals surface area contributed by atoms with Crippen molar-refractivity contribution in [1.29, 1.82) is 0 Å². The molecule has 2 aromatic rings. The second-order valence-electron chi connectivity index (χ2n) is 4.43. The molecule has 4 nitrogen and oxygen atoms in total. The van der Waals surface area contributed by atoms with E-state index in [2.05, 4.69) is 9.72 Å². The zero-order valence-electron chi connectivity index (χ0n) is 10.9. The van der Waals surface area contributed by atoms with Crippen LogP contribution in [0.25, 0.3) is 10.9 Å². The average Bonchev–Trinajstić information content (AvgIpc) is 2.45. The lowest BCUT2D eigenvalue weighted by Crippen LogP contribution is -2.17. The van der Waals surface area contributed by atoms with Crippen LogP contribution < -0.4 is 0 Å². The van der Waals surface area contributed by atoms with Gasteiger partial charge in [-0.15, -0.1) is 0 Å². The van der Waals surface area contributed by atoms with Crippen molar-refractivity contribution in [3.8, 4) is 0 Å². The van der Waals surface area contributed by atoms with E-state index in [-0.39, 0.29) is 18.2 Å². The number of carbonyl (C=O) groups is 2. The molecular weight excluding hydrogens is 242 g/mol. The second-order valence-corrected chi connectivity index (χ2v) is 4.43. The number of aromatic nitrogens is 1. The summed E-state index contributed by atoms with van der Waals surface area (Å²) in [6, 6.07) is 9.20. The van der Waals surface area contributed by atoms with E-state index < -0.39 is 5.92 Å². The van der Waals surface area contributed by atoms with Crippen LogP contribution >= 0.6 is 0 Å². The molecular formula is C15H15NO3. The normalized spacial score (nSPS) is 12.1. The van der Waals surface area contributed by atoms with E-state index in [1.165, 1.54) is 7.11 Å². The number of nitrogens with zero attached hydrogens (tertiary/aromatic N) is 1. The van der Waals surface area contributed by atoms with E-state index in [1.54, 1.807) is 19.2 Å². The predicted octanol–water partition coefficient (Wildman–Crippen LogP) is 2.62. The third-order valence-corrected chi connectivity index (χ3v) is 3.03. The number of rotatable bonds is 4. The van der Waals surface area contributed by atoms with Crippen LogP contribution in [0.3, 0.4) is 0 Å². The van der Waals surface area contributed by atoms with E-state index in [9.17, 15) is 9.59 Å². The molecule has 0 saturated heterocycles. The molecule has 0 saturated carbocycles. The smallest absolute Gasteiger partial charge is 0.308 e. The minimum absolute atomic E-state index is 0.0952. The number of fused-ring (bicyclic) bond motifs is 1. The number of esters is 1. The van der Waals surface area contributed by atoms with Gasteiger partial charge in [0, 0.05) is 23.6 Å². The maximum absolute atomic E-state index is 12.2. The van der Waals surface area contributed by atoms with Crippen molar-refractivity contribution in [2.75, 3.05) is 7.11 Å². The van der Waals surface area contributed by atoms with Gasteiger partial charge in [0.15, 0.2) is 5.78 Å². The molecule has 4 heteroatoms. The maximum atomic E-state index is 12.2. The number of carbonyl (C=O) groups excluding carboxylic acids is 2. The van der Waals surface area contributed by atoms with E-state index in [4.69, 9.17) is 0 Å². The summed E-state index contributed by atoms with van der Waals surface area (Å²) in [6.45, 7) is 1.68. The summed E-state index contributed by atoms with van der Waals surface area (Å²) in [5.74, 6) is -0.916. The molecule has 1 unspecified atom stereocenters. The molecule has 1 heterocycles. The van der Waals surface area contributed by atoms with Crippen LogP contribution in [0, 0.1) is 5.92 Å². The largest absolute Gasteiger partial charge is 0.469 e. The zero-order valence-corrected chi connectivity index (χ0v) is 10.9. The van der Waals surface area contributed by atoms with Gasteiger partial charge >= 0.3 is 5.97 Å². The molecule has 0 radical (unpaired) electrons. The van der Waals surface area contributed by atoms with Gasteiger partial charge in [0.2, 0.25) is 0 Å². The SMILES string of the molecule is COC(=O)C(C)CC(=O)c1cccc2cccnc12. The maximum Gasteiger partial charge on any atom is 0.308 e. The number of hydrogen-bond donors (Lipinski definition) is 0. The molecule has 0 aliphatic carbocycles. The van der Waals surface area contributed by atoms with Crippen LogP contribution in [-0.4, -0.2) is 23.8 Å². The topological polar surface area (TPSA) is 56.3 Å². The van der Waals surface area contributed by atoms with Gasteiger partial charge in [-0.2, -0.15) is 0 Å². The average molecular weight is 257 g/mol. The van der Waals surface area contributed by atoms with E-state index in [1.807, 2.05) is 24.3 Å². The number of para-hydroxylation sites is 1. The van der Waals surface area contributed by atoms with Crippen LogP contribution in [0.2, 0.25) is 0 Å². The molecule has 2 rings (SSSR count). The molecule has 1 aromatic carbocycles. The van der Waals surface area contributed by atoms with Gasteiger partial charge in [-0.3, -0.25) is 14.6 Å². The number of Topliss-reactive ketones (excluding diaryl/α,β-unsaturated/α-hetero) is 1. The summed E-state index contributed by atoms with van der Waals surface area (Å²) in [5.41, 5.74) is 1.22. The van der Waals surface area contributed by atoms with Crippen LogP contribution in [0.15, 0.2) is 36.5 Å². The molecule has 0 aliphatic heterocycles. The summed E-state index contributed by atoms with van der Waals surface area (Å²) >= 11 is 0. The monoisotopic (exact) mass is 257 g/mol. The molecule has 98 valence electrons.